The molecule has 1 amide bonds. The summed E-state index contributed by atoms with van der Waals surface area (Å²) in [6.45, 7) is 7.48. The first-order valence-electron chi connectivity index (χ1n) is 9.49. The minimum atomic E-state index is -0.268. The van der Waals surface area contributed by atoms with E-state index in [-0.39, 0.29) is 5.91 Å². The Hall–Kier alpha value is -2.80. The van der Waals surface area contributed by atoms with Crippen LogP contribution in [0, 0.1) is 6.92 Å². The Labute approximate surface area is 179 Å². The van der Waals surface area contributed by atoms with Gasteiger partial charge in [0, 0.05) is 11.8 Å². The minimum absolute atomic E-state index is 0.268. The molecular weight excluding hydrogens is 434 g/mol. The van der Waals surface area contributed by atoms with Crippen LogP contribution >= 0.6 is 15.9 Å². The summed E-state index contributed by atoms with van der Waals surface area (Å²) in [5.74, 6) is 1.37. The van der Waals surface area contributed by atoms with Crippen molar-refractivity contribution in [1.82, 2.24) is 9.78 Å². The van der Waals surface area contributed by atoms with E-state index in [0.29, 0.717) is 47.1 Å². The monoisotopic (exact) mass is 457 g/mol. The molecule has 0 spiro atoms. The van der Waals surface area contributed by atoms with Crippen LogP contribution in [-0.4, -0.2) is 28.9 Å². The molecule has 1 heterocycles. The van der Waals surface area contributed by atoms with Crippen LogP contribution in [0.3, 0.4) is 0 Å². The topological polar surface area (TPSA) is 65.4 Å². The number of anilines is 1. The number of rotatable bonds is 8. The Morgan fingerprint density at radius 1 is 1.07 bits per heavy atom. The molecule has 0 saturated heterocycles. The lowest BCUT2D eigenvalue weighted by atomic mass is 10.1. The lowest BCUT2D eigenvalue weighted by Crippen LogP contribution is -2.13. The van der Waals surface area contributed by atoms with Crippen LogP contribution in [0.1, 0.15) is 35.3 Å². The van der Waals surface area contributed by atoms with Crippen LogP contribution in [0.2, 0.25) is 0 Å². The highest BCUT2D eigenvalue weighted by atomic mass is 79.9. The maximum absolute atomic E-state index is 12.7. The minimum Gasteiger partial charge on any atom is -0.490 e. The number of nitrogens with one attached hydrogen (secondary N) is 1. The first kappa shape index (κ1) is 20.9. The average Bonchev–Trinajstić information content (AvgIpc) is 3.04. The van der Waals surface area contributed by atoms with Crippen molar-refractivity contribution in [2.24, 2.45) is 0 Å². The van der Waals surface area contributed by atoms with Gasteiger partial charge >= 0.3 is 0 Å². The summed E-state index contributed by atoms with van der Waals surface area (Å²) in [5.41, 5.74) is 2.82. The number of hydrogen-bond donors (Lipinski definition) is 1. The van der Waals surface area contributed by atoms with Crippen molar-refractivity contribution in [3.8, 4) is 11.5 Å². The van der Waals surface area contributed by atoms with Crippen LogP contribution in [0.25, 0.3) is 0 Å². The molecule has 0 radical (unpaired) electrons. The maximum Gasteiger partial charge on any atom is 0.257 e. The first-order valence-corrected chi connectivity index (χ1v) is 10.3. The molecule has 0 aliphatic rings. The lowest BCUT2D eigenvalue weighted by Gasteiger charge is -2.12. The highest BCUT2D eigenvalue weighted by molar-refractivity contribution is 9.10. The fourth-order valence-electron chi connectivity index (χ4n) is 2.82. The molecule has 7 heteroatoms. The Morgan fingerprint density at radius 2 is 1.76 bits per heavy atom. The predicted octanol–water partition coefficient (Wildman–Crippen LogP) is 5.05. The highest BCUT2D eigenvalue weighted by Gasteiger charge is 2.15. The molecule has 0 unspecified atom stereocenters. The van der Waals surface area contributed by atoms with E-state index in [4.69, 9.17) is 9.47 Å². The zero-order valence-electron chi connectivity index (χ0n) is 16.7. The fourth-order valence-corrected chi connectivity index (χ4v) is 3.23. The highest BCUT2D eigenvalue weighted by Crippen LogP contribution is 2.29. The third-order valence-electron chi connectivity index (χ3n) is 4.22. The second-order valence-electron chi connectivity index (χ2n) is 6.49. The first-order chi connectivity index (χ1) is 14.0. The van der Waals surface area contributed by atoms with Gasteiger partial charge < -0.3 is 14.8 Å². The van der Waals surface area contributed by atoms with Crippen LogP contribution in [0.4, 0.5) is 5.82 Å². The number of carbonyl (C=O) groups is 1. The molecule has 1 aromatic heterocycles. The van der Waals surface area contributed by atoms with Crippen molar-refractivity contribution in [2.45, 2.75) is 27.3 Å². The predicted molar refractivity (Wildman–Crippen MR) is 117 cm³/mol. The second-order valence-corrected chi connectivity index (χ2v) is 7.34. The van der Waals surface area contributed by atoms with Crippen molar-refractivity contribution < 1.29 is 14.3 Å². The molecule has 0 atom stereocenters. The smallest absolute Gasteiger partial charge is 0.257 e. The van der Waals surface area contributed by atoms with Gasteiger partial charge in [0.15, 0.2) is 17.3 Å². The summed E-state index contributed by atoms with van der Waals surface area (Å²) >= 11 is 3.47. The van der Waals surface area contributed by atoms with Gasteiger partial charge in [0.2, 0.25) is 0 Å². The zero-order valence-corrected chi connectivity index (χ0v) is 18.3. The van der Waals surface area contributed by atoms with Gasteiger partial charge in [-0.25, -0.2) is 0 Å². The van der Waals surface area contributed by atoms with E-state index in [9.17, 15) is 4.79 Å². The summed E-state index contributed by atoms with van der Waals surface area (Å²) < 4.78 is 13.7. The molecule has 0 bridgehead atoms. The van der Waals surface area contributed by atoms with Crippen LogP contribution in [0.5, 0.6) is 11.5 Å². The Balaban J connectivity index is 1.74. The third kappa shape index (κ3) is 5.38. The van der Waals surface area contributed by atoms with Gasteiger partial charge in [0.25, 0.3) is 5.91 Å². The molecule has 0 saturated carbocycles. The number of ether oxygens (including phenoxy) is 2. The van der Waals surface area contributed by atoms with Crippen molar-refractivity contribution >= 4 is 27.7 Å². The van der Waals surface area contributed by atoms with Crippen molar-refractivity contribution in [2.75, 3.05) is 18.5 Å². The molecule has 3 aromatic rings. The average molecular weight is 458 g/mol. The van der Waals surface area contributed by atoms with Crippen LogP contribution < -0.4 is 14.8 Å². The van der Waals surface area contributed by atoms with E-state index in [1.54, 1.807) is 22.9 Å². The second kappa shape index (κ2) is 9.60. The molecule has 2 aromatic carbocycles. The molecule has 152 valence electrons. The van der Waals surface area contributed by atoms with Gasteiger partial charge in [-0.1, -0.05) is 29.8 Å². The van der Waals surface area contributed by atoms with Gasteiger partial charge in [-0.05, 0) is 60.5 Å². The zero-order chi connectivity index (χ0) is 20.8. The summed E-state index contributed by atoms with van der Waals surface area (Å²) in [5, 5.41) is 7.33. The van der Waals surface area contributed by atoms with E-state index < -0.39 is 0 Å². The summed E-state index contributed by atoms with van der Waals surface area (Å²) in [6.07, 6.45) is 1.85. The van der Waals surface area contributed by atoms with E-state index in [0.717, 1.165) is 5.56 Å². The van der Waals surface area contributed by atoms with Gasteiger partial charge in [-0.3, -0.25) is 9.48 Å². The standard InChI is InChI=1S/C22H24BrN3O3/c1-4-28-19-11-10-17(12-20(19)29-5-2)22(27)24-21-18(23)14-26(25-21)13-16-8-6-15(3)7-9-16/h6-12,14H,4-5,13H2,1-3H3,(H,24,25,27). The molecule has 6 nitrogen and oxygen atoms in total. The quantitative estimate of drug-likeness (QED) is 0.513. The molecule has 29 heavy (non-hydrogen) atoms. The van der Waals surface area contributed by atoms with E-state index in [1.165, 1.54) is 5.56 Å². The molecular formula is C22H24BrN3O3. The van der Waals surface area contributed by atoms with E-state index in [1.807, 2.05) is 20.0 Å². The van der Waals surface area contributed by atoms with Crippen molar-refractivity contribution in [3.63, 3.8) is 0 Å². The number of aryl methyl sites for hydroxylation is 1. The molecule has 3 rings (SSSR count). The molecule has 1 N–H and O–H groups in total. The largest absolute Gasteiger partial charge is 0.490 e. The Morgan fingerprint density at radius 3 is 2.45 bits per heavy atom. The third-order valence-corrected chi connectivity index (χ3v) is 4.80. The van der Waals surface area contributed by atoms with Gasteiger partial charge in [-0.2, -0.15) is 5.10 Å². The van der Waals surface area contributed by atoms with Crippen molar-refractivity contribution in [1.29, 1.82) is 0 Å². The van der Waals surface area contributed by atoms with Crippen molar-refractivity contribution in [3.05, 3.63) is 69.8 Å². The SMILES string of the molecule is CCOc1ccc(C(=O)Nc2nn(Cc3ccc(C)cc3)cc2Br)cc1OCC. The summed E-state index contributed by atoms with van der Waals surface area (Å²) in [6, 6.07) is 13.4. The molecule has 0 aliphatic carbocycles. The van der Waals surface area contributed by atoms with Gasteiger partial charge in [0.05, 0.1) is 24.2 Å². The summed E-state index contributed by atoms with van der Waals surface area (Å²) in [4.78, 5) is 12.7. The van der Waals surface area contributed by atoms with E-state index >= 15 is 0 Å². The lowest BCUT2D eigenvalue weighted by molar-refractivity contribution is 0.102. The Bertz CT molecular complexity index is 983. The number of nitrogens with zero attached hydrogens (tertiary/aromatic N) is 2. The number of halogens is 1. The van der Waals surface area contributed by atoms with Gasteiger partial charge in [0.1, 0.15) is 0 Å². The van der Waals surface area contributed by atoms with Crippen LogP contribution in [-0.2, 0) is 6.54 Å². The fraction of sp³-hybridized carbons (Fsp3) is 0.273. The normalized spacial score (nSPS) is 10.6. The number of amides is 1. The maximum atomic E-state index is 12.7. The Kier molecular flexibility index (Phi) is 6.93. The summed E-state index contributed by atoms with van der Waals surface area (Å²) in [7, 11) is 0. The number of carbonyl (C=O) groups excluding carboxylic acids is 1. The van der Waals surface area contributed by atoms with E-state index in [2.05, 4.69) is 57.5 Å². The number of aromatic nitrogens is 2. The molecule has 0 aliphatic heterocycles. The van der Waals surface area contributed by atoms with Gasteiger partial charge in [-0.15, -0.1) is 0 Å². The number of benzene rings is 2. The van der Waals surface area contributed by atoms with Crippen LogP contribution in [0.15, 0.2) is 53.1 Å². The number of hydrogen-bond acceptors (Lipinski definition) is 4. The molecule has 0 fully saturated rings.